The molecule has 0 aliphatic rings. The van der Waals surface area contributed by atoms with Crippen molar-refractivity contribution in [1.29, 1.82) is 0 Å². The zero-order valence-corrected chi connectivity index (χ0v) is 18.0. The van der Waals surface area contributed by atoms with Crippen molar-refractivity contribution in [3.63, 3.8) is 0 Å². The number of aliphatic hydroxyl groups excluding tert-OH is 1. The number of benzene rings is 2. The van der Waals surface area contributed by atoms with E-state index < -0.39 is 12.2 Å². The first-order valence-electron chi connectivity index (χ1n) is 10.3. The highest BCUT2D eigenvalue weighted by Gasteiger charge is 2.24. The lowest BCUT2D eigenvalue weighted by Gasteiger charge is -2.31. The van der Waals surface area contributed by atoms with E-state index >= 15 is 0 Å². The standard InChI is InChI=1S/C24H31NO5/c1-5-23(27)30-22-12-11-19(24(28)29)15-21(22)20(18-9-7-6-8-10-18)13-14-25(16(2)3)17(4)26/h6-12,15-17,20,26H,5,13-14H2,1-4H3,(H,28,29). The number of hydrogen-bond donors (Lipinski definition) is 2. The summed E-state index contributed by atoms with van der Waals surface area (Å²) in [6, 6.07) is 14.5. The molecule has 2 rings (SSSR count). The van der Waals surface area contributed by atoms with E-state index in [4.69, 9.17) is 4.74 Å². The molecule has 0 amide bonds. The van der Waals surface area contributed by atoms with Crippen LogP contribution in [-0.4, -0.2) is 45.9 Å². The third kappa shape index (κ3) is 6.15. The summed E-state index contributed by atoms with van der Waals surface area (Å²) in [5.41, 5.74) is 1.78. The van der Waals surface area contributed by atoms with Gasteiger partial charge in [-0.25, -0.2) is 4.79 Å². The minimum Gasteiger partial charge on any atom is -0.478 e. The van der Waals surface area contributed by atoms with E-state index in [-0.39, 0.29) is 29.9 Å². The fourth-order valence-corrected chi connectivity index (χ4v) is 3.58. The van der Waals surface area contributed by atoms with Crippen LogP contribution in [0.1, 0.15) is 67.9 Å². The van der Waals surface area contributed by atoms with Crippen LogP contribution in [0.3, 0.4) is 0 Å². The Hall–Kier alpha value is -2.70. The average Bonchev–Trinajstić information content (AvgIpc) is 2.71. The van der Waals surface area contributed by atoms with Crippen molar-refractivity contribution in [3.05, 3.63) is 65.2 Å². The monoisotopic (exact) mass is 413 g/mol. The van der Waals surface area contributed by atoms with Crippen LogP contribution in [0.4, 0.5) is 0 Å². The van der Waals surface area contributed by atoms with Gasteiger partial charge in [0.25, 0.3) is 0 Å². The Morgan fingerprint density at radius 1 is 1.07 bits per heavy atom. The smallest absolute Gasteiger partial charge is 0.335 e. The molecule has 0 aliphatic carbocycles. The normalized spacial score (nSPS) is 13.3. The quantitative estimate of drug-likeness (QED) is 0.344. The van der Waals surface area contributed by atoms with E-state index in [2.05, 4.69) is 0 Å². The van der Waals surface area contributed by atoms with Gasteiger partial charge < -0.3 is 14.9 Å². The molecule has 0 radical (unpaired) electrons. The van der Waals surface area contributed by atoms with Gasteiger partial charge in [0.15, 0.2) is 0 Å². The Balaban J connectivity index is 2.52. The molecule has 0 saturated carbocycles. The molecule has 0 fully saturated rings. The Labute approximate surface area is 178 Å². The van der Waals surface area contributed by atoms with Crippen LogP contribution >= 0.6 is 0 Å². The maximum Gasteiger partial charge on any atom is 0.335 e. The van der Waals surface area contributed by atoms with Gasteiger partial charge in [0.1, 0.15) is 12.0 Å². The predicted octanol–water partition coefficient (Wildman–Crippen LogP) is 4.27. The van der Waals surface area contributed by atoms with Gasteiger partial charge in [0, 0.05) is 30.5 Å². The number of nitrogens with zero attached hydrogens (tertiary/aromatic N) is 1. The van der Waals surface area contributed by atoms with Crippen LogP contribution in [0.2, 0.25) is 0 Å². The summed E-state index contributed by atoms with van der Waals surface area (Å²) in [6.45, 7) is 8.07. The van der Waals surface area contributed by atoms with Crippen molar-refractivity contribution < 1.29 is 24.5 Å². The van der Waals surface area contributed by atoms with Gasteiger partial charge in [-0.15, -0.1) is 0 Å². The molecule has 6 heteroatoms. The van der Waals surface area contributed by atoms with Gasteiger partial charge in [-0.05, 0) is 51.0 Å². The van der Waals surface area contributed by atoms with Gasteiger partial charge in [-0.3, -0.25) is 9.69 Å². The van der Waals surface area contributed by atoms with Crippen molar-refractivity contribution >= 4 is 11.9 Å². The first-order valence-corrected chi connectivity index (χ1v) is 10.3. The predicted molar refractivity (Wildman–Crippen MR) is 116 cm³/mol. The lowest BCUT2D eigenvalue weighted by molar-refractivity contribution is -0.134. The number of ether oxygens (including phenoxy) is 1. The fraction of sp³-hybridized carbons (Fsp3) is 0.417. The molecule has 0 spiro atoms. The molecule has 0 saturated heterocycles. The molecule has 0 heterocycles. The van der Waals surface area contributed by atoms with E-state index in [1.54, 1.807) is 26.0 Å². The fourth-order valence-electron chi connectivity index (χ4n) is 3.58. The SMILES string of the molecule is CCC(=O)Oc1ccc(C(=O)O)cc1C(CCN(C(C)C)C(C)O)c1ccccc1. The first-order chi connectivity index (χ1) is 14.2. The summed E-state index contributed by atoms with van der Waals surface area (Å²) in [4.78, 5) is 25.5. The molecule has 162 valence electrons. The zero-order valence-electron chi connectivity index (χ0n) is 18.0. The molecular weight excluding hydrogens is 382 g/mol. The van der Waals surface area contributed by atoms with E-state index in [1.807, 2.05) is 49.1 Å². The highest BCUT2D eigenvalue weighted by molar-refractivity contribution is 5.88. The third-order valence-corrected chi connectivity index (χ3v) is 5.17. The molecule has 2 aromatic rings. The zero-order chi connectivity index (χ0) is 22.3. The topological polar surface area (TPSA) is 87.1 Å². The van der Waals surface area contributed by atoms with Gasteiger partial charge in [0.2, 0.25) is 0 Å². The van der Waals surface area contributed by atoms with E-state index in [9.17, 15) is 19.8 Å². The maximum atomic E-state index is 12.0. The van der Waals surface area contributed by atoms with Crippen LogP contribution in [0.25, 0.3) is 0 Å². The Kier molecular flexibility index (Phi) is 8.57. The lowest BCUT2D eigenvalue weighted by atomic mass is 9.86. The summed E-state index contributed by atoms with van der Waals surface area (Å²) in [7, 11) is 0. The second kappa shape index (κ2) is 10.9. The van der Waals surface area contributed by atoms with Gasteiger partial charge >= 0.3 is 11.9 Å². The molecule has 2 N–H and O–H groups in total. The molecule has 2 aromatic carbocycles. The number of carboxylic acid groups (broad SMARTS) is 1. The Bertz CT molecular complexity index is 840. The van der Waals surface area contributed by atoms with Gasteiger partial charge in [-0.2, -0.15) is 0 Å². The molecule has 2 unspecified atom stereocenters. The largest absolute Gasteiger partial charge is 0.478 e. The number of carboxylic acids is 1. The molecule has 6 nitrogen and oxygen atoms in total. The Morgan fingerprint density at radius 2 is 1.73 bits per heavy atom. The summed E-state index contributed by atoms with van der Waals surface area (Å²) >= 11 is 0. The number of rotatable bonds is 10. The molecule has 0 bridgehead atoms. The molecule has 2 atom stereocenters. The number of esters is 1. The number of hydrogen-bond acceptors (Lipinski definition) is 5. The average molecular weight is 414 g/mol. The molecule has 0 aromatic heterocycles. The highest BCUT2D eigenvalue weighted by atomic mass is 16.5. The van der Waals surface area contributed by atoms with Crippen LogP contribution in [0.5, 0.6) is 5.75 Å². The van der Waals surface area contributed by atoms with Crippen molar-refractivity contribution in [3.8, 4) is 5.75 Å². The number of carbonyl (C=O) groups is 2. The minimum absolute atomic E-state index is 0.137. The lowest BCUT2D eigenvalue weighted by Crippen LogP contribution is -2.39. The first kappa shape index (κ1) is 23.6. The minimum atomic E-state index is -1.04. The molecule has 30 heavy (non-hydrogen) atoms. The van der Waals surface area contributed by atoms with Gasteiger partial charge in [-0.1, -0.05) is 37.3 Å². The highest BCUT2D eigenvalue weighted by Crippen LogP contribution is 2.36. The second-order valence-corrected chi connectivity index (χ2v) is 7.60. The summed E-state index contributed by atoms with van der Waals surface area (Å²) in [6.07, 6.45) is 0.232. The van der Waals surface area contributed by atoms with E-state index in [0.717, 1.165) is 5.56 Å². The van der Waals surface area contributed by atoms with Crippen molar-refractivity contribution in [2.24, 2.45) is 0 Å². The van der Waals surface area contributed by atoms with Crippen LogP contribution in [0, 0.1) is 0 Å². The van der Waals surface area contributed by atoms with Crippen LogP contribution < -0.4 is 4.74 Å². The third-order valence-electron chi connectivity index (χ3n) is 5.17. The summed E-state index contributed by atoms with van der Waals surface area (Å²) in [5, 5.41) is 19.6. The molecule has 0 aliphatic heterocycles. The Morgan fingerprint density at radius 3 is 2.27 bits per heavy atom. The van der Waals surface area contributed by atoms with E-state index in [0.29, 0.717) is 24.3 Å². The number of aromatic carboxylic acids is 1. The maximum absolute atomic E-state index is 12.0. The number of aliphatic hydroxyl groups is 1. The van der Waals surface area contributed by atoms with Crippen molar-refractivity contribution in [2.75, 3.05) is 6.54 Å². The van der Waals surface area contributed by atoms with Crippen LogP contribution in [0.15, 0.2) is 48.5 Å². The van der Waals surface area contributed by atoms with Crippen molar-refractivity contribution in [1.82, 2.24) is 4.90 Å². The van der Waals surface area contributed by atoms with Gasteiger partial charge in [0.05, 0.1) is 5.56 Å². The summed E-state index contributed by atoms with van der Waals surface area (Å²) in [5.74, 6) is -1.25. The second-order valence-electron chi connectivity index (χ2n) is 7.60. The molecular formula is C24H31NO5. The van der Waals surface area contributed by atoms with E-state index in [1.165, 1.54) is 6.07 Å². The van der Waals surface area contributed by atoms with Crippen molar-refractivity contribution in [2.45, 2.75) is 58.7 Å². The number of carbonyl (C=O) groups excluding carboxylic acids is 1. The summed E-state index contributed by atoms with van der Waals surface area (Å²) < 4.78 is 5.54. The van der Waals surface area contributed by atoms with Crippen LogP contribution in [-0.2, 0) is 4.79 Å².